The molecule has 25 heavy (non-hydrogen) atoms. The number of aryl methyl sites for hydroxylation is 2. The molecule has 2 aromatic rings. The average Bonchev–Trinajstić information content (AvgIpc) is 2.93. The first-order valence-corrected chi connectivity index (χ1v) is 8.96. The first-order valence-electron chi connectivity index (χ1n) is 8.59. The molecular formula is C18H23ClN4O2. The van der Waals surface area contributed by atoms with Gasteiger partial charge in [0.2, 0.25) is 5.91 Å². The first kappa shape index (κ1) is 17.7. The molecule has 3 heterocycles. The summed E-state index contributed by atoms with van der Waals surface area (Å²) < 4.78 is 5.97. The Morgan fingerprint density at radius 3 is 3.04 bits per heavy atom. The number of aromatic nitrogens is 3. The molecule has 0 spiro atoms. The summed E-state index contributed by atoms with van der Waals surface area (Å²) in [4.78, 5) is 18.4. The number of H-pyrrole nitrogens is 1. The van der Waals surface area contributed by atoms with Gasteiger partial charge in [-0.3, -0.25) is 14.9 Å². The molecule has 0 bridgehead atoms. The van der Waals surface area contributed by atoms with E-state index in [1.165, 1.54) is 0 Å². The highest BCUT2D eigenvalue weighted by Gasteiger charge is 2.25. The Kier molecular flexibility index (Phi) is 5.58. The van der Waals surface area contributed by atoms with E-state index in [4.69, 9.17) is 16.3 Å². The van der Waals surface area contributed by atoms with Crippen molar-refractivity contribution in [1.29, 1.82) is 0 Å². The van der Waals surface area contributed by atoms with E-state index in [-0.39, 0.29) is 12.0 Å². The number of carbonyl (C=O) groups is 1. The highest BCUT2D eigenvalue weighted by molar-refractivity contribution is 6.31. The van der Waals surface area contributed by atoms with Crippen molar-refractivity contribution in [2.75, 3.05) is 13.1 Å². The Morgan fingerprint density at radius 1 is 1.48 bits per heavy atom. The number of rotatable bonds is 5. The third-order valence-corrected chi connectivity index (χ3v) is 4.91. The lowest BCUT2D eigenvalue weighted by atomic mass is 10.0. The Morgan fingerprint density at radius 2 is 2.32 bits per heavy atom. The van der Waals surface area contributed by atoms with Crippen molar-refractivity contribution in [3.05, 3.63) is 40.4 Å². The zero-order valence-corrected chi connectivity index (χ0v) is 15.3. The summed E-state index contributed by atoms with van der Waals surface area (Å²) >= 11 is 6.10. The number of aromatic amines is 1. The van der Waals surface area contributed by atoms with E-state index in [2.05, 4.69) is 15.2 Å². The fourth-order valence-electron chi connectivity index (χ4n) is 3.23. The number of hydrogen-bond donors (Lipinski definition) is 1. The van der Waals surface area contributed by atoms with Gasteiger partial charge in [0.1, 0.15) is 16.9 Å². The van der Waals surface area contributed by atoms with Gasteiger partial charge in [0.15, 0.2) is 0 Å². The number of carbonyl (C=O) groups excluding carboxylic acids is 1. The van der Waals surface area contributed by atoms with E-state index in [9.17, 15) is 4.79 Å². The molecule has 7 heteroatoms. The summed E-state index contributed by atoms with van der Waals surface area (Å²) in [7, 11) is 0. The molecule has 1 N–H and O–H groups in total. The van der Waals surface area contributed by atoms with Gasteiger partial charge in [0.25, 0.3) is 0 Å². The molecule has 0 aromatic carbocycles. The molecule has 0 radical (unpaired) electrons. The quantitative estimate of drug-likeness (QED) is 0.887. The molecule has 134 valence electrons. The molecule has 1 aliphatic heterocycles. The zero-order valence-electron chi connectivity index (χ0n) is 14.6. The van der Waals surface area contributed by atoms with E-state index in [1.54, 1.807) is 18.5 Å². The van der Waals surface area contributed by atoms with Crippen LogP contribution in [0, 0.1) is 13.8 Å². The largest absolute Gasteiger partial charge is 0.487 e. The number of nitrogens with one attached hydrogen (secondary N) is 1. The molecule has 1 aliphatic rings. The molecule has 6 nitrogen and oxygen atoms in total. The van der Waals surface area contributed by atoms with Crippen LogP contribution in [-0.4, -0.2) is 45.2 Å². The minimum atomic E-state index is -0.0324. The van der Waals surface area contributed by atoms with Crippen molar-refractivity contribution in [2.24, 2.45) is 0 Å². The van der Waals surface area contributed by atoms with E-state index in [1.807, 2.05) is 18.7 Å². The van der Waals surface area contributed by atoms with Gasteiger partial charge in [-0.25, -0.2) is 0 Å². The second-order valence-electron chi connectivity index (χ2n) is 6.44. The highest BCUT2D eigenvalue weighted by Crippen LogP contribution is 2.26. The maximum Gasteiger partial charge on any atom is 0.223 e. The van der Waals surface area contributed by atoms with Crippen LogP contribution in [0.15, 0.2) is 18.5 Å². The normalized spacial score (nSPS) is 17.6. The number of nitrogens with zero attached hydrogens (tertiary/aromatic N) is 3. The topological polar surface area (TPSA) is 71.1 Å². The van der Waals surface area contributed by atoms with E-state index in [0.717, 1.165) is 36.3 Å². The number of ether oxygens (including phenoxy) is 1. The lowest BCUT2D eigenvalue weighted by molar-refractivity contribution is -0.133. The number of likely N-dealkylation sites (tertiary alicyclic amines) is 1. The monoisotopic (exact) mass is 362 g/mol. The molecule has 0 aliphatic carbocycles. The van der Waals surface area contributed by atoms with Crippen molar-refractivity contribution < 1.29 is 9.53 Å². The molecule has 2 aromatic heterocycles. The molecule has 1 unspecified atom stereocenters. The summed E-state index contributed by atoms with van der Waals surface area (Å²) in [6.07, 6.45) is 6.25. The van der Waals surface area contributed by atoms with E-state index < -0.39 is 0 Å². The number of pyridine rings is 1. The van der Waals surface area contributed by atoms with Crippen LogP contribution in [0.4, 0.5) is 0 Å². The molecule has 3 rings (SSSR count). The molecular weight excluding hydrogens is 340 g/mol. The standard InChI is InChI=1S/C18H23ClN4O2/c1-12-15(13(2)22-21-12)5-6-18(24)23-9-3-4-14(11-23)25-17-7-8-20-10-16(17)19/h7-8,10,14H,3-6,9,11H2,1-2H3,(H,21,22). The van der Waals surface area contributed by atoms with Crippen LogP contribution in [0.1, 0.15) is 36.2 Å². The fourth-order valence-corrected chi connectivity index (χ4v) is 3.39. The van der Waals surface area contributed by atoms with Gasteiger partial charge in [-0.1, -0.05) is 11.6 Å². The molecule has 1 saturated heterocycles. The predicted molar refractivity (Wildman–Crippen MR) is 95.9 cm³/mol. The zero-order chi connectivity index (χ0) is 17.8. The van der Waals surface area contributed by atoms with Gasteiger partial charge < -0.3 is 9.64 Å². The van der Waals surface area contributed by atoms with E-state index >= 15 is 0 Å². The third kappa shape index (κ3) is 4.31. The summed E-state index contributed by atoms with van der Waals surface area (Å²) in [5.74, 6) is 0.787. The minimum Gasteiger partial charge on any atom is -0.487 e. The molecule has 1 fully saturated rings. The second kappa shape index (κ2) is 7.87. The van der Waals surface area contributed by atoms with Crippen LogP contribution in [0.3, 0.4) is 0 Å². The van der Waals surface area contributed by atoms with Gasteiger partial charge >= 0.3 is 0 Å². The van der Waals surface area contributed by atoms with Crippen molar-refractivity contribution in [3.63, 3.8) is 0 Å². The predicted octanol–water partition coefficient (Wildman–Crippen LogP) is 3.08. The second-order valence-corrected chi connectivity index (χ2v) is 6.85. The van der Waals surface area contributed by atoms with Gasteiger partial charge in [-0.2, -0.15) is 5.10 Å². The van der Waals surface area contributed by atoms with Crippen LogP contribution in [-0.2, 0) is 11.2 Å². The average molecular weight is 363 g/mol. The van der Waals surface area contributed by atoms with Gasteiger partial charge in [-0.15, -0.1) is 0 Å². The minimum absolute atomic E-state index is 0.0324. The van der Waals surface area contributed by atoms with Crippen molar-refractivity contribution in [2.45, 2.75) is 45.6 Å². The fraction of sp³-hybridized carbons (Fsp3) is 0.500. The van der Waals surface area contributed by atoms with Crippen molar-refractivity contribution in [3.8, 4) is 5.75 Å². The Hall–Kier alpha value is -2.08. The lowest BCUT2D eigenvalue weighted by Gasteiger charge is -2.33. The summed E-state index contributed by atoms with van der Waals surface area (Å²) in [6, 6.07) is 1.76. The third-order valence-electron chi connectivity index (χ3n) is 4.63. The maximum atomic E-state index is 12.6. The number of hydrogen-bond acceptors (Lipinski definition) is 4. The Bertz CT molecular complexity index is 727. The first-order chi connectivity index (χ1) is 12.0. The van der Waals surface area contributed by atoms with Crippen molar-refractivity contribution >= 4 is 17.5 Å². The SMILES string of the molecule is Cc1n[nH]c(C)c1CCC(=O)N1CCCC(Oc2ccncc2Cl)C1. The number of amides is 1. The molecule has 0 saturated carbocycles. The summed E-state index contributed by atoms with van der Waals surface area (Å²) in [5, 5.41) is 7.65. The van der Waals surface area contributed by atoms with Gasteiger partial charge in [0, 0.05) is 37.1 Å². The summed E-state index contributed by atoms with van der Waals surface area (Å²) in [5.41, 5.74) is 3.15. The van der Waals surface area contributed by atoms with Gasteiger partial charge in [-0.05, 0) is 38.7 Å². The Balaban J connectivity index is 1.55. The van der Waals surface area contributed by atoms with Gasteiger partial charge in [0.05, 0.1) is 12.2 Å². The van der Waals surface area contributed by atoms with E-state index in [0.29, 0.717) is 30.2 Å². The summed E-state index contributed by atoms with van der Waals surface area (Å²) in [6.45, 7) is 5.34. The van der Waals surface area contributed by atoms with Crippen LogP contribution < -0.4 is 4.74 Å². The highest BCUT2D eigenvalue weighted by atomic mass is 35.5. The van der Waals surface area contributed by atoms with Crippen molar-refractivity contribution in [1.82, 2.24) is 20.1 Å². The molecule has 1 atom stereocenters. The Labute approximate surface area is 152 Å². The number of halogens is 1. The van der Waals surface area contributed by atoms with Crippen LogP contribution in [0.2, 0.25) is 5.02 Å². The maximum absolute atomic E-state index is 12.6. The lowest BCUT2D eigenvalue weighted by Crippen LogP contribution is -2.44. The van der Waals surface area contributed by atoms with Crippen LogP contribution in [0.25, 0.3) is 0 Å². The van der Waals surface area contributed by atoms with Crippen LogP contribution in [0.5, 0.6) is 5.75 Å². The molecule has 1 amide bonds. The van der Waals surface area contributed by atoms with Crippen LogP contribution >= 0.6 is 11.6 Å². The number of piperidine rings is 1. The smallest absolute Gasteiger partial charge is 0.223 e.